The van der Waals surface area contributed by atoms with Crippen LogP contribution < -0.4 is 10.6 Å². The Hall–Kier alpha value is -1.26. The average molecular weight is 352 g/mol. The number of hydrogen-bond acceptors (Lipinski definition) is 2. The minimum Gasteiger partial charge on any atom is -0.335 e. The number of nitrogens with zero attached hydrogens (tertiary/aromatic N) is 1. The largest absolute Gasteiger partial charge is 0.335 e. The van der Waals surface area contributed by atoms with Gasteiger partial charge in [-0.05, 0) is 43.7 Å². The lowest BCUT2D eigenvalue weighted by molar-refractivity contribution is 0.177. The zero-order chi connectivity index (χ0) is 17.5. The number of rotatable bonds is 6. The van der Waals surface area contributed by atoms with E-state index in [-0.39, 0.29) is 18.1 Å². The number of hydrogen-bond donors (Lipinski definition) is 2. The number of carbonyl (C=O) groups excluding carboxylic acids is 1. The van der Waals surface area contributed by atoms with Gasteiger partial charge in [-0.15, -0.1) is 0 Å². The van der Waals surface area contributed by atoms with Crippen molar-refractivity contribution in [3.63, 3.8) is 0 Å². The SMILES string of the molecule is CC(C)CN1CCC(NC(=O)NC(C)Cc2ccccc2Cl)CC1. The van der Waals surface area contributed by atoms with Gasteiger partial charge in [0.1, 0.15) is 0 Å². The molecule has 24 heavy (non-hydrogen) atoms. The molecule has 1 aliphatic heterocycles. The molecule has 1 aromatic rings. The minimum atomic E-state index is -0.0723. The first-order valence-electron chi connectivity index (χ1n) is 8.97. The van der Waals surface area contributed by atoms with Gasteiger partial charge in [0.2, 0.25) is 0 Å². The van der Waals surface area contributed by atoms with Crippen LogP contribution >= 0.6 is 11.6 Å². The third-order valence-electron chi connectivity index (χ3n) is 4.41. The van der Waals surface area contributed by atoms with Crippen LogP contribution in [0.4, 0.5) is 4.79 Å². The molecule has 1 aliphatic rings. The predicted molar refractivity (Wildman–Crippen MR) is 101 cm³/mol. The van der Waals surface area contributed by atoms with Crippen molar-refractivity contribution in [2.75, 3.05) is 19.6 Å². The Bertz CT molecular complexity index is 527. The van der Waals surface area contributed by atoms with E-state index in [0.717, 1.165) is 49.5 Å². The quantitative estimate of drug-likeness (QED) is 0.820. The van der Waals surface area contributed by atoms with E-state index >= 15 is 0 Å². The monoisotopic (exact) mass is 351 g/mol. The Balaban J connectivity index is 1.71. The van der Waals surface area contributed by atoms with Gasteiger partial charge in [-0.1, -0.05) is 43.6 Å². The number of carbonyl (C=O) groups is 1. The molecule has 0 spiro atoms. The van der Waals surface area contributed by atoms with Gasteiger partial charge < -0.3 is 15.5 Å². The summed E-state index contributed by atoms with van der Waals surface area (Å²) in [5.41, 5.74) is 1.06. The van der Waals surface area contributed by atoms with Gasteiger partial charge in [0.05, 0.1) is 0 Å². The average Bonchev–Trinajstić information content (AvgIpc) is 2.51. The minimum absolute atomic E-state index is 0.0472. The predicted octanol–water partition coefficient (Wildman–Crippen LogP) is 3.69. The number of urea groups is 1. The van der Waals surface area contributed by atoms with Crippen LogP contribution in [0.15, 0.2) is 24.3 Å². The molecule has 4 nitrogen and oxygen atoms in total. The van der Waals surface area contributed by atoms with Crippen molar-refractivity contribution in [3.05, 3.63) is 34.9 Å². The molecular formula is C19H30ClN3O. The summed E-state index contributed by atoms with van der Waals surface area (Å²) < 4.78 is 0. The lowest BCUT2D eigenvalue weighted by atomic mass is 10.0. The van der Waals surface area contributed by atoms with Crippen molar-refractivity contribution in [1.29, 1.82) is 0 Å². The van der Waals surface area contributed by atoms with Crippen LogP contribution in [0.1, 0.15) is 39.2 Å². The molecule has 5 heteroatoms. The van der Waals surface area contributed by atoms with Crippen molar-refractivity contribution in [1.82, 2.24) is 15.5 Å². The molecule has 1 saturated heterocycles. The summed E-state index contributed by atoms with van der Waals surface area (Å²) in [6.07, 6.45) is 2.79. The fraction of sp³-hybridized carbons (Fsp3) is 0.632. The first-order valence-corrected chi connectivity index (χ1v) is 9.34. The number of benzene rings is 1. The Morgan fingerprint density at radius 1 is 1.25 bits per heavy atom. The summed E-state index contributed by atoms with van der Waals surface area (Å²) in [6.45, 7) is 9.79. The van der Waals surface area contributed by atoms with Gasteiger partial charge in [0, 0.05) is 36.7 Å². The second-order valence-electron chi connectivity index (χ2n) is 7.28. The molecule has 1 atom stereocenters. The second kappa shape index (κ2) is 9.28. The van der Waals surface area contributed by atoms with Crippen molar-refractivity contribution in [2.45, 2.75) is 52.1 Å². The first-order chi connectivity index (χ1) is 11.4. The topological polar surface area (TPSA) is 44.4 Å². The highest BCUT2D eigenvalue weighted by molar-refractivity contribution is 6.31. The Kier molecular flexibility index (Phi) is 7.38. The molecule has 1 heterocycles. The number of likely N-dealkylation sites (tertiary alicyclic amines) is 1. The van der Waals surface area contributed by atoms with Crippen LogP contribution in [0.2, 0.25) is 5.02 Å². The van der Waals surface area contributed by atoms with Gasteiger partial charge in [0.15, 0.2) is 0 Å². The maximum atomic E-state index is 12.2. The highest BCUT2D eigenvalue weighted by Crippen LogP contribution is 2.16. The lowest BCUT2D eigenvalue weighted by Crippen LogP contribution is -2.50. The number of amides is 2. The summed E-state index contributed by atoms with van der Waals surface area (Å²) in [5.74, 6) is 0.698. The van der Waals surface area contributed by atoms with Gasteiger partial charge in [-0.25, -0.2) is 4.79 Å². The molecule has 0 bridgehead atoms. The van der Waals surface area contributed by atoms with Crippen LogP contribution in [0.3, 0.4) is 0 Å². The number of nitrogens with one attached hydrogen (secondary N) is 2. The summed E-state index contributed by atoms with van der Waals surface area (Å²) >= 11 is 6.18. The summed E-state index contributed by atoms with van der Waals surface area (Å²) in [5, 5.41) is 6.89. The van der Waals surface area contributed by atoms with E-state index in [1.54, 1.807) is 0 Å². The van der Waals surface area contributed by atoms with E-state index in [2.05, 4.69) is 29.4 Å². The normalized spacial score (nSPS) is 17.7. The van der Waals surface area contributed by atoms with Gasteiger partial charge in [-0.2, -0.15) is 0 Å². The highest BCUT2D eigenvalue weighted by Gasteiger charge is 2.21. The molecule has 1 aromatic carbocycles. The number of piperidine rings is 1. The fourth-order valence-electron chi connectivity index (χ4n) is 3.27. The van der Waals surface area contributed by atoms with E-state index < -0.39 is 0 Å². The lowest BCUT2D eigenvalue weighted by Gasteiger charge is -2.33. The molecule has 0 aliphatic carbocycles. The molecule has 1 fully saturated rings. The fourth-order valence-corrected chi connectivity index (χ4v) is 3.48. The molecule has 2 N–H and O–H groups in total. The summed E-state index contributed by atoms with van der Waals surface area (Å²) in [6, 6.07) is 8.03. The van der Waals surface area contributed by atoms with E-state index in [9.17, 15) is 4.79 Å². The Morgan fingerprint density at radius 2 is 1.92 bits per heavy atom. The molecule has 0 saturated carbocycles. The van der Waals surface area contributed by atoms with E-state index in [1.807, 2.05) is 31.2 Å². The molecule has 1 unspecified atom stereocenters. The van der Waals surface area contributed by atoms with Gasteiger partial charge in [-0.3, -0.25) is 0 Å². The molecule has 0 radical (unpaired) electrons. The van der Waals surface area contributed by atoms with Gasteiger partial charge >= 0.3 is 6.03 Å². The molecule has 2 rings (SSSR count). The zero-order valence-corrected chi connectivity index (χ0v) is 15.8. The van der Waals surface area contributed by atoms with Crippen molar-refractivity contribution in [2.24, 2.45) is 5.92 Å². The third-order valence-corrected chi connectivity index (χ3v) is 4.78. The summed E-state index contributed by atoms with van der Waals surface area (Å²) in [4.78, 5) is 14.7. The van der Waals surface area contributed by atoms with Crippen LogP contribution in [0, 0.1) is 5.92 Å². The van der Waals surface area contributed by atoms with E-state index in [1.165, 1.54) is 0 Å². The molecule has 0 aromatic heterocycles. The van der Waals surface area contributed by atoms with E-state index in [4.69, 9.17) is 11.6 Å². The standard InChI is InChI=1S/C19H30ClN3O/c1-14(2)13-23-10-8-17(9-11-23)22-19(24)21-15(3)12-16-6-4-5-7-18(16)20/h4-7,14-15,17H,8-13H2,1-3H3,(H2,21,22,24). The van der Waals surface area contributed by atoms with Crippen LogP contribution in [0.5, 0.6) is 0 Å². The molecule has 2 amide bonds. The molecule has 134 valence electrons. The van der Waals surface area contributed by atoms with Crippen LogP contribution in [-0.2, 0) is 6.42 Å². The Labute approximate surface area is 150 Å². The number of halogens is 1. The van der Waals surface area contributed by atoms with Crippen LogP contribution in [-0.4, -0.2) is 42.6 Å². The van der Waals surface area contributed by atoms with Gasteiger partial charge in [0.25, 0.3) is 0 Å². The zero-order valence-electron chi connectivity index (χ0n) is 15.0. The maximum absolute atomic E-state index is 12.2. The third kappa shape index (κ3) is 6.33. The smallest absolute Gasteiger partial charge is 0.315 e. The summed E-state index contributed by atoms with van der Waals surface area (Å²) in [7, 11) is 0. The van der Waals surface area contributed by atoms with Crippen molar-refractivity contribution in [3.8, 4) is 0 Å². The second-order valence-corrected chi connectivity index (χ2v) is 7.69. The van der Waals surface area contributed by atoms with E-state index in [0.29, 0.717) is 5.92 Å². The van der Waals surface area contributed by atoms with Crippen molar-refractivity contribution < 1.29 is 4.79 Å². The Morgan fingerprint density at radius 3 is 2.54 bits per heavy atom. The van der Waals surface area contributed by atoms with Crippen LogP contribution in [0.25, 0.3) is 0 Å². The maximum Gasteiger partial charge on any atom is 0.315 e. The highest BCUT2D eigenvalue weighted by atomic mass is 35.5. The first kappa shape index (κ1) is 19.1. The van der Waals surface area contributed by atoms with Crippen molar-refractivity contribution >= 4 is 17.6 Å². The molecular weight excluding hydrogens is 322 g/mol.